The number of anilines is 2. The molecule has 1 amide bonds. The fourth-order valence-electron chi connectivity index (χ4n) is 1.73. The van der Waals surface area contributed by atoms with Gasteiger partial charge < -0.3 is 16.0 Å². The Balaban J connectivity index is 2.38. The van der Waals surface area contributed by atoms with Crippen LogP contribution in [0.4, 0.5) is 17.5 Å². The van der Waals surface area contributed by atoms with Crippen molar-refractivity contribution in [3.63, 3.8) is 0 Å². The number of nitrogens with two attached hydrogens (primary N) is 1. The lowest BCUT2D eigenvalue weighted by molar-refractivity contribution is -0.384. The zero-order chi connectivity index (χ0) is 13.1. The van der Waals surface area contributed by atoms with Crippen LogP contribution in [0.3, 0.4) is 0 Å². The van der Waals surface area contributed by atoms with E-state index in [1.807, 2.05) is 0 Å². The number of nitrogens with zero attached hydrogens (tertiary/aromatic N) is 4. The van der Waals surface area contributed by atoms with Gasteiger partial charge in [-0.2, -0.15) is 4.98 Å². The summed E-state index contributed by atoms with van der Waals surface area (Å²) < 4.78 is 0. The number of nitrogen functional groups attached to an aromatic ring is 1. The number of nitro groups is 1. The van der Waals surface area contributed by atoms with E-state index in [4.69, 9.17) is 5.73 Å². The first-order valence-electron chi connectivity index (χ1n) is 5.36. The summed E-state index contributed by atoms with van der Waals surface area (Å²) in [6.07, 6.45) is 1.74. The highest BCUT2D eigenvalue weighted by Crippen LogP contribution is 2.25. The molecule has 1 fully saturated rings. The van der Waals surface area contributed by atoms with Crippen LogP contribution in [0, 0.1) is 10.1 Å². The van der Waals surface area contributed by atoms with E-state index in [0.717, 1.165) is 6.20 Å². The van der Waals surface area contributed by atoms with E-state index in [0.29, 0.717) is 19.5 Å². The van der Waals surface area contributed by atoms with E-state index in [9.17, 15) is 14.9 Å². The van der Waals surface area contributed by atoms with Crippen molar-refractivity contribution in [3.05, 3.63) is 16.3 Å². The third-order valence-electron chi connectivity index (χ3n) is 2.53. The Morgan fingerprint density at radius 3 is 3.06 bits per heavy atom. The fraction of sp³-hybridized carbons (Fsp3) is 0.444. The highest BCUT2D eigenvalue weighted by Gasteiger charge is 2.25. The molecule has 0 aliphatic carbocycles. The molecule has 9 nitrogen and oxygen atoms in total. The minimum atomic E-state index is -0.586. The Hall–Kier alpha value is -2.45. The van der Waals surface area contributed by atoms with Crippen LogP contribution in [0.5, 0.6) is 0 Å². The smallest absolute Gasteiger partial charge is 0.329 e. The molecule has 1 aromatic heterocycles. The maximum absolute atomic E-state index is 11.4. The number of hydrogen-bond donors (Lipinski definition) is 2. The molecule has 9 heteroatoms. The average molecular weight is 252 g/mol. The highest BCUT2D eigenvalue weighted by atomic mass is 16.6. The van der Waals surface area contributed by atoms with Gasteiger partial charge in [-0.25, -0.2) is 4.98 Å². The lowest BCUT2D eigenvalue weighted by Crippen LogP contribution is -2.34. The Bertz CT molecular complexity index is 491. The van der Waals surface area contributed by atoms with Gasteiger partial charge >= 0.3 is 5.69 Å². The Labute approximate surface area is 102 Å². The second kappa shape index (κ2) is 4.82. The van der Waals surface area contributed by atoms with Crippen molar-refractivity contribution >= 4 is 23.4 Å². The van der Waals surface area contributed by atoms with Crippen molar-refractivity contribution < 1.29 is 9.72 Å². The van der Waals surface area contributed by atoms with Crippen LogP contribution in [0.15, 0.2) is 6.20 Å². The summed E-state index contributed by atoms with van der Waals surface area (Å²) in [6, 6.07) is 0. The molecule has 2 heterocycles. The number of aromatic nitrogens is 2. The summed E-state index contributed by atoms with van der Waals surface area (Å²) in [5, 5.41) is 13.6. The molecule has 96 valence electrons. The minimum absolute atomic E-state index is 0.0251. The van der Waals surface area contributed by atoms with Crippen LogP contribution < -0.4 is 16.0 Å². The van der Waals surface area contributed by atoms with Crippen LogP contribution in [0.2, 0.25) is 0 Å². The standard InChI is InChI=1S/C9H12N6O3/c10-9-12-4-6(15(17)18)8(13-9)14-3-1-2-11-7(16)5-14/h4H,1-3,5H2,(H,11,16)(H2,10,12,13). The van der Waals surface area contributed by atoms with Crippen LogP contribution in [-0.4, -0.2) is 40.4 Å². The van der Waals surface area contributed by atoms with Gasteiger partial charge in [-0.15, -0.1) is 0 Å². The summed E-state index contributed by atoms with van der Waals surface area (Å²) in [6.45, 7) is 1.07. The summed E-state index contributed by atoms with van der Waals surface area (Å²) in [5.41, 5.74) is 5.18. The van der Waals surface area contributed by atoms with Gasteiger partial charge in [0.05, 0.1) is 11.5 Å². The van der Waals surface area contributed by atoms with Gasteiger partial charge in [-0.1, -0.05) is 0 Å². The monoisotopic (exact) mass is 252 g/mol. The van der Waals surface area contributed by atoms with Crippen LogP contribution >= 0.6 is 0 Å². The summed E-state index contributed by atoms with van der Waals surface area (Å²) in [5.74, 6) is -0.163. The molecule has 18 heavy (non-hydrogen) atoms. The molecular formula is C9H12N6O3. The number of carbonyl (C=O) groups is 1. The van der Waals surface area contributed by atoms with Crippen molar-refractivity contribution in [1.29, 1.82) is 0 Å². The van der Waals surface area contributed by atoms with E-state index in [-0.39, 0.29) is 29.9 Å². The first-order chi connectivity index (χ1) is 8.58. The maximum atomic E-state index is 11.4. The van der Waals surface area contributed by atoms with Crippen molar-refractivity contribution in [2.45, 2.75) is 6.42 Å². The van der Waals surface area contributed by atoms with Gasteiger partial charge in [0.1, 0.15) is 6.20 Å². The Kier molecular flexibility index (Phi) is 3.22. The van der Waals surface area contributed by atoms with Gasteiger partial charge in [0.15, 0.2) is 0 Å². The highest BCUT2D eigenvalue weighted by molar-refractivity contribution is 5.82. The predicted octanol–water partition coefficient (Wildman–Crippen LogP) is -0.707. The summed E-state index contributed by atoms with van der Waals surface area (Å²) in [4.78, 5) is 30.8. The zero-order valence-electron chi connectivity index (χ0n) is 9.50. The van der Waals surface area contributed by atoms with Crippen molar-refractivity contribution in [2.75, 3.05) is 30.3 Å². The molecule has 2 rings (SSSR count). The Morgan fingerprint density at radius 2 is 2.33 bits per heavy atom. The number of carbonyl (C=O) groups excluding carboxylic acids is 1. The molecule has 1 aliphatic rings. The molecule has 0 unspecified atom stereocenters. The molecule has 1 saturated heterocycles. The largest absolute Gasteiger partial charge is 0.368 e. The summed E-state index contributed by atoms with van der Waals surface area (Å²) in [7, 11) is 0. The lowest BCUT2D eigenvalue weighted by atomic mass is 10.3. The minimum Gasteiger partial charge on any atom is -0.368 e. The normalized spacial score (nSPS) is 16.0. The van der Waals surface area contributed by atoms with E-state index in [1.54, 1.807) is 4.90 Å². The first-order valence-corrected chi connectivity index (χ1v) is 5.36. The third kappa shape index (κ3) is 2.44. The molecule has 1 aliphatic heterocycles. The van der Waals surface area contributed by atoms with Crippen molar-refractivity contribution in [3.8, 4) is 0 Å². The first kappa shape index (κ1) is 12.0. The maximum Gasteiger partial charge on any atom is 0.329 e. The molecule has 0 radical (unpaired) electrons. The molecule has 1 aromatic rings. The fourth-order valence-corrected chi connectivity index (χ4v) is 1.73. The third-order valence-corrected chi connectivity index (χ3v) is 2.53. The molecule has 0 saturated carbocycles. The van der Waals surface area contributed by atoms with Gasteiger partial charge in [-0.3, -0.25) is 14.9 Å². The molecular weight excluding hydrogens is 240 g/mol. The SMILES string of the molecule is Nc1ncc([N+](=O)[O-])c(N2CCCNC(=O)C2)n1. The average Bonchev–Trinajstić information content (AvgIpc) is 2.53. The van der Waals surface area contributed by atoms with Gasteiger partial charge in [-0.05, 0) is 6.42 Å². The van der Waals surface area contributed by atoms with E-state index >= 15 is 0 Å². The summed E-state index contributed by atoms with van der Waals surface area (Å²) >= 11 is 0. The Morgan fingerprint density at radius 1 is 1.56 bits per heavy atom. The van der Waals surface area contributed by atoms with E-state index in [2.05, 4.69) is 15.3 Å². The topological polar surface area (TPSA) is 127 Å². The van der Waals surface area contributed by atoms with Crippen LogP contribution in [-0.2, 0) is 4.79 Å². The van der Waals surface area contributed by atoms with Gasteiger partial charge in [0, 0.05) is 13.1 Å². The van der Waals surface area contributed by atoms with Crippen LogP contribution in [0.1, 0.15) is 6.42 Å². The van der Waals surface area contributed by atoms with E-state index < -0.39 is 4.92 Å². The number of hydrogen-bond acceptors (Lipinski definition) is 7. The molecule has 0 atom stereocenters. The van der Waals surface area contributed by atoms with Gasteiger partial charge in [0.2, 0.25) is 17.7 Å². The zero-order valence-corrected chi connectivity index (χ0v) is 9.50. The quantitative estimate of drug-likeness (QED) is 0.525. The lowest BCUT2D eigenvalue weighted by Gasteiger charge is -2.19. The number of amides is 1. The second-order valence-corrected chi connectivity index (χ2v) is 3.82. The number of rotatable bonds is 2. The predicted molar refractivity (Wildman–Crippen MR) is 62.9 cm³/mol. The van der Waals surface area contributed by atoms with Gasteiger partial charge in [0.25, 0.3) is 0 Å². The molecule has 0 aromatic carbocycles. The molecule has 0 bridgehead atoms. The van der Waals surface area contributed by atoms with Crippen molar-refractivity contribution in [1.82, 2.24) is 15.3 Å². The second-order valence-electron chi connectivity index (χ2n) is 3.82. The number of nitrogens with one attached hydrogen (secondary N) is 1. The van der Waals surface area contributed by atoms with Crippen LogP contribution in [0.25, 0.3) is 0 Å². The van der Waals surface area contributed by atoms with Crippen molar-refractivity contribution in [2.24, 2.45) is 0 Å². The molecule has 0 spiro atoms. The van der Waals surface area contributed by atoms with E-state index in [1.165, 1.54) is 0 Å². The molecule has 3 N–H and O–H groups in total.